The molecule has 0 aromatic heterocycles. The number of benzene rings is 2. The molecule has 3 heteroatoms. The van der Waals surface area contributed by atoms with Crippen LogP contribution in [-0.4, -0.2) is 11.9 Å². The van der Waals surface area contributed by atoms with Crippen molar-refractivity contribution < 1.29 is 14.3 Å². The van der Waals surface area contributed by atoms with Crippen LogP contribution in [0.5, 0.6) is 0 Å². The van der Waals surface area contributed by atoms with E-state index in [2.05, 4.69) is 31.2 Å². The van der Waals surface area contributed by atoms with Crippen LogP contribution in [-0.2, 0) is 14.3 Å². The molecule has 4 unspecified atom stereocenters. The van der Waals surface area contributed by atoms with Gasteiger partial charge in [-0.15, -0.1) is 0 Å². The van der Waals surface area contributed by atoms with Crippen LogP contribution in [0.1, 0.15) is 39.7 Å². The summed E-state index contributed by atoms with van der Waals surface area (Å²) in [5, 5.41) is 0. The van der Waals surface area contributed by atoms with Crippen LogP contribution in [0.2, 0.25) is 0 Å². The van der Waals surface area contributed by atoms with Gasteiger partial charge in [-0.2, -0.15) is 0 Å². The molecule has 3 nitrogen and oxygen atoms in total. The Bertz CT molecular complexity index is 852. The lowest BCUT2D eigenvalue weighted by Gasteiger charge is -2.45. The van der Waals surface area contributed by atoms with E-state index in [9.17, 15) is 9.59 Å². The largest absolute Gasteiger partial charge is 0.393 e. The van der Waals surface area contributed by atoms with Gasteiger partial charge in [-0.25, -0.2) is 0 Å². The molecule has 1 fully saturated rings. The normalized spacial score (nSPS) is 30.6. The fourth-order valence-corrected chi connectivity index (χ4v) is 4.77. The Labute approximate surface area is 127 Å². The standard InChI is InChI=1S/C19H14O3/c1-9-5-4-8-12-13(9)15-11-7-3-2-6-10(11)14(12)16-17(15)19(21)22-18(16)20/h2-8,14-17H,1H3. The van der Waals surface area contributed by atoms with Crippen molar-refractivity contribution >= 4 is 11.9 Å². The SMILES string of the molecule is Cc1cccc2c1C1c3ccccc3C2C2C(=O)OC(=O)C12. The molecule has 2 bridgehead atoms. The van der Waals surface area contributed by atoms with E-state index in [1.54, 1.807) is 0 Å². The summed E-state index contributed by atoms with van der Waals surface area (Å²) < 4.78 is 5.01. The van der Waals surface area contributed by atoms with Crippen molar-refractivity contribution in [1.29, 1.82) is 0 Å². The molecule has 108 valence electrons. The van der Waals surface area contributed by atoms with Gasteiger partial charge < -0.3 is 4.74 Å². The molecule has 0 amide bonds. The minimum Gasteiger partial charge on any atom is -0.393 e. The molecule has 1 saturated heterocycles. The van der Waals surface area contributed by atoms with Gasteiger partial charge in [0.05, 0.1) is 11.8 Å². The average Bonchev–Trinajstić information content (AvgIpc) is 2.83. The maximum Gasteiger partial charge on any atom is 0.318 e. The fraction of sp³-hybridized carbons (Fsp3) is 0.263. The second kappa shape index (κ2) is 3.86. The maximum absolute atomic E-state index is 12.3. The number of ether oxygens (including phenoxy) is 1. The first kappa shape index (κ1) is 12.2. The van der Waals surface area contributed by atoms with Crippen LogP contribution in [0, 0.1) is 18.8 Å². The van der Waals surface area contributed by atoms with Crippen molar-refractivity contribution in [3.05, 3.63) is 70.3 Å². The van der Waals surface area contributed by atoms with Gasteiger partial charge in [0, 0.05) is 11.8 Å². The molecule has 4 atom stereocenters. The highest BCUT2D eigenvalue weighted by molar-refractivity contribution is 6.00. The monoisotopic (exact) mass is 290 g/mol. The number of carbonyl (C=O) groups excluding carboxylic acids is 2. The molecular weight excluding hydrogens is 276 g/mol. The van der Waals surface area contributed by atoms with Crippen molar-refractivity contribution in [1.82, 2.24) is 0 Å². The van der Waals surface area contributed by atoms with Gasteiger partial charge in [0.2, 0.25) is 0 Å². The minimum atomic E-state index is -0.360. The highest BCUT2D eigenvalue weighted by Crippen LogP contribution is 2.61. The number of hydrogen-bond donors (Lipinski definition) is 0. The highest BCUT2D eigenvalue weighted by Gasteiger charge is 2.60. The van der Waals surface area contributed by atoms with Crippen LogP contribution in [0.3, 0.4) is 0 Å². The lowest BCUT2D eigenvalue weighted by molar-refractivity contribution is -0.153. The van der Waals surface area contributed by atoms with Gasteiger partial charge in [-0.1, -0.05) is 42.5 Å². The first-order valence-corrected chi connectivity index (χ1v) is 7.62. The predicted molar refractivity (Wildman–Crippen MR) is 79.4 cm³/mol. The summed E-state index contributed by atoms with van der Waals surface area (Å²) in [6.07, 6.45) is 0. The maximum atomic E-state index is 12.3. The van der Waals surface area contributed by atoms with Crippen LogP contribution in [0.25, 0.3) is 0 Å². The van der Waals surface area contributed by atoms with Gasteiger partial charge in [-0.3, -0.25) is 9.59 Å². The van der Waals surface area contributed by atoms with E-state index in [0.29, 0.717) is 0 Å². The zero-order valence-corrected chi connectivity index (χ0v) is 12.1. The average molecular weight is 290 g/mol. The number of aryl methyl sites for hydroxylation is 1. The van der Waals surface area contributed by atoms with Gasteiger partial charge in [0.25, 0.3) is 0 Å². The minimum absolute atomic E-state index is 0.0543. The van der Waals surface area contributed by atoms with Crippen LogP contribution < -0.4 is 0 Å². The van der Waals surface area contributed by atoms with Crippen LogP contribution in [0.15, 0.2) is 42.5 Å². The van der Waals surface area contributed by atoms with Crippen molar-refractivity contribution in [3.63, 3.8) is 0 Å². The summed E-state index contributed by atoms with van der Waals surface area (Å²) in [7, 11) is 0. The fourth-order valence-electron chi connectivity index (χ4n) is 4.77. The summed E-state index contributed by atoms with van der Waals surface area (Å²) in [5.74, 6) is -1.54. The summed E-state index contributed by atoms with van der Waals surface area (Å²) in [6.45, 7) is 2.08. The number of rotatable bonds is 0. The van der Waals surface area contributed by atoms with E-state index < -0.39 is 0 Å². The third-order valence-corrected chi connectivity index (χ3v) is 5.52. The third kappa shape index (κ3) is 1.23. The number of cyclic esters (lactones) is 2. The Morgan fingerprint density at radius 2 is 1.36 bits per heavy atom. The quantitative estimate of drug-likeness (QED) is 0.553. The molecule has 3 aliphatic carbocycles. The van der Waals surface area contributed by atoms with Crippen LogP contribution in [0.4, 0.5) is 0 Å². The number of hydrogen-bond acceptors (Lipinski definition) is 3. The van der Waals surface area contributed by atoms with E-state index in [1.807, 2.05) is 18.2 Å². The molecule has 6 rings (SSSR count). The smallest absolute Gasteiger partial charge is 0.318 e. The third-order valence-electron chi connectivity index (χ3n) is 5.52. The molecule has 2 aromatic carbocycles. The zero-order chi connectivity index (χ0) is 15.0. The molecule has 0 spiro atoms. The highest BCUT2D eigenvalue weighted by atomic mass is 16.6. The Hall–Kier alpha value is -2.42. The zero-order valence-electron chi connectivity index (χ0n) is 12.1. The van der Waals surface area contributed by atoms with E-state index in [1.165, 1.54) is 27.8 Å². The molecule has 22 heavy (non-hydrogen) atoms. The van der Waals surface area contributed by atoms with E-state index >= 15 is 0 Å². The van der Waals surface area contributed by atoms with E-state index in [0.717, 1.165) is 0 Å². The molecule has 0 N–H and O–H groups in total. The van der Waals surface area contributed by atoms with E-state index in [-0.39, 0.29) is 35.6 Å². The topological polar surface area (TPSA) is 43.4 Å². The Balaban J connectivity index is 1.89. The first-order valence-electron chi connectivity index (χ1n) is 7.62. The van der Waals surface area contributed by atoms with E-state index in [4.69, 9.17) is 4.74 Å². The van der Waals surface area contributed by atoms with Crippen molar-refractivity contribution in [2.45, 2.75) is 18.8 Å². The summed E-state index contributed by atoms with van der Waals surface area (Å²) >= 11 is 0. The summed E-state index contributed by atoms with van der Waals surface area (Å²) in [4.78, 5) is 24.6. The second-order valence-electron chi connectivity index (χ2n) is 6.45. The molecule has 1 aliphatic heterocycles. The Morgan fingerprint density at radius 3 is 2.09 bits per heavy atom. The van der Waals surface area contributed by atoms with Crippen LogP contribution >= 0.6 is 0 Å². The van der Waals surface area contributed by atoms with Crippen molar-refractivity contribution in [3.8, 4) is 0 Å². The predicted octanol–water partition coefficient (Wildman–Crippen LogP) is 2.90. The lowest BCUT2D eigenvalue weighted by atomic mass is 9.54. The number of carbonyl (C=O) groups is 2. The van der Waals surface area contributed by atoms with Gasteiger partial charge in [0.15, 0.2) is 0 Å². The van der Waals surface area contributed by atoms with Gasteiger partial charge >= 0.3 is 11.9 Å². The number of esters is 2. The van der Waals surface area contributed by atoms with Gasteiger partial charge in [0.1, 0.15) is 0 Å². The molecule has 1 heterocycles. The Kier molecular flexibility index (Phi) is 2.13. The lowest BCUT2D eigenvalue weighted by Crippen LogP contribution is -2.41. The first-order chi connectivity index (χ1) is 10.7. The van der Waals surface area contributed by atoms with Crippen molar-refractivity contribution in [2.75, 3.05) is 0 Å². The molecular formula is C19H14O3. The molecule has 4 aliphatic rings. The summed E-state index contributed by atoms with van der Waals surface area (Å²) in [6, 6.07) is 14.4. The Morgan fingerprint density at radius 1 is 0.773 bits per heavy atom. The van der Waals surface area contributed by atoms with Crippen molar-refractivity contribution in [2.24, 2.45) is 11.8 Å². The summed E-state index contributed by atoms with van der Waals surface area (Å²) in [5.41, 5.74) is 5.96. The molecule has 0 radical (unpaired) electrons. The molecule has 2 aromatic rings. The second-order valence-corrected chi connectivity index (χ2v) is 6.45. The molecule has 0 saturated carbocycles. The van der Waals surface area contributed by atoms with Gasteiger partial charge in [-0.05, 0) is 34.7 Å².